The second-order valence-electron chi connectivity index (χ2n) is 6.13. The molecule has 2 rings (SSSR count). The zero-order chi connectivity index (χ0) is 15.9. The van der Waals surface area contributed by atoms with Gasteiger partial charge in [0.1, 0.15) is 0 Å². The number of carboxylic acid groups (broad SMARTS) is 1. The van der Waals surface area contributed by atoms with E-state index in [1.165, 1.54) is 0 Å². The molecular formula is C17H27N3O2. The average Bonchev–Trinajstić information content (AvgIpc) is 2.52. The number of carbonyl (C=O) groups is 1. The van der Waals surface area contributed by atoms with E-state index in [-0.39, 0.29) is 6.04 Å². The third-order valence-corrected chi connectivity index (χ3v) is 4.50. The van der Waals surface area contributed by atoms with Crippen LogP contribution in [0.1, 0.15) is 39.0 Å². The standard InChI is InChI=1S/C17H27N3O2/c1-2-3-6-14-11-13(9-10-20(14)17(21)22)12-19-16-8-5-4-7-15(16)18/h4-5,7-8,13-14,19H,2-3,6,9-12,18H2,1H3,(H,21,22). The molecule has 5 nitrogen and oxygen atoms in total. The Kier molecular flexibility index (Phi) is 5.92. The van der Waals surface area contributed by atoms with Gasteiger partial charge in [-0.2, -0.15) is 0 Å². The highest BCUT2D eigenvalue weighted by Crippen LogP contribution is 2.27. The van der Waals surface area contributed by atoms with Gasteiger partial charge >= 0.3 is 6.09 Å². The fourth-order valence-electron chi connectivity index (χ4n) is 3.20. The van der Waals surface area contributed by atoms with Crippen molar-refractivity contribution in [3.05, 3.63) is 24.3 Å². The zero-order valence-corrected chi connectivity index (χ0v) is 13.3. The van der Waals surface area contributed by atoms with Crippen LogP contribution in [0.3, 0.4) is 0 Å². The number of nitrogens with one attached hydrogen (secondary N) is 1. The number of benzene rings is 1. The first-order chi connectivity index (χ1) is 10.6. The van der Waals surface area contributed by atoms with Crippen LogP contribution in [0, 0.1) is 5.92 Å². The molecule has 0 aliphatic carbocycles. The number of unbranched alkanes of at least 4 members (excludes halogenated alkanes) is 1. The van der Waals surface area contributed by atoms with Crippen molar-refractivity contribution in [1.29, 1.82) is 0 Å². The topological polar surface area (TPSA) is 78.6 Å². The van der Waals surface area contributed by atoms with Gasteiger partial charge in [-0.05, 0) is 37.3 Å². The third kappa shape index (κ3) is 4.29. The quantitative estimate of drug-likeness (QED) is 0.701. The molecule has 0 spiro atoms. The van der Waals surface area contributed by atoms with Crippen LogP contribution < -0.4 is 11.1 Å². The van der Waals surface area contributed by atoms with E-state index >= 15 is 0 Å². The van der Waals surface area contributed by atoms with E-state index in [1.54, 1.807) is 4.90 Å². The van der Waals surface area contributed by atoms with E-state index in [9.17, 15) is 9.90 Å². The van der Waals surface area contributed by atoms with Gasteiger partial charge in [0, 0.05) is 19.1 Å². The lowest BCUT2D eigenvalue weighted by atomic mass is 9.88. The Morgan fingerprint density at radius 2 is 2.23 bits per heavy atom. The first kappa shape index (κ1) is 16.5. The molecule has 1 fully saturated rings. The maximum absolute atomic E-state index is 11.4. The molecule has 5 heteroatoms. The number of rotatable bonds is 6. The molecule has 1 saturated heterocycles. The molecule has 22 heavy (non-hydrogen) atoms. The van der Waals surface area contributed by atoms with Gasteiger partial charge in [0.05, 0.1) is 11.4 Å². The minimum absolute atomic E-state index is 0.158. The first-order valence-electron chi connectivity index (χ1n) is 8.19. The molecule has 0 radical (unpaired) electrons. The van der Waals surface area contributed by atoms with Crippen molar-refractivity contribution < 1.29 is 9.90 Å². The van der Waals surface area contributed by atoms with Gasteiger partial charge in [-0.15, -0.1) is 0 Å². The first-order valence-corrected chi connectivity index (χ1v) is 8.19. The molecule has 1 aromatic rings. The Morgan fingerprint density at radius 1 is 1.45 bits per heavy atom. The van der Waals surface area contributed by atoms with Crippen LogP contribution in [0.15, 0.2) is 24.3 Å². The van der Waals surface area contributed by atoms with Crippen LogP contribution in [0.2, 0.25) is 0 Å². The Labute approximate surface area is 132 Å². The van der Waals surface area contributed by atoms with E-state index in [1.807, 2.05) is 24.3 Å². The summed E-state index contributed by atoms with van der Waals surface area (Å²) in [5, 5.41) is 12.7. The van der Waals surface area contributed by atoms with Gasteiger partial charge in [0.2, 0.25) is 0 Å². The minimum Gasteiger partial charge on any atom is -0.465 e. The minimum atomic E-state index is -0.778. The van der Waals surface area contributed by atoms with Crippen LogP contribution >= 0.6 is 0 Å². The Morgan fingerprint density at radius 3 is 2.91 bits per heavy atom. The van der Waals surface area contributed by atoms with Crippen molar-refractivity contribution in [2.24, 2.45) is 5.92 Å². The number of amides is 1. The number of nitrogens with two attached hydrogens (primary N) is 1. The van der Waals surface area contributed by atoms with E-state index in [0.29, 0.717) is 12.5 Å². The molecule has 1 heterocycles. The van der Waals surface area contributed by atoms with E-state index in [0.717, 1.165) is 50.0 Å². The number of nitrogen functional groups attached to an aromatic ring is 1. The molecule has 1 amide bonds. The molecular weight excluding hydrogens is 278 g/mol. The third-order valence-electron chi connectivity index (χ3n) is 4.50. The molecule has 1 aliphatic rings. The molecule has 0 saturated carbocycles. The Bertz CT molecular complexity index is 493. The number of hydrogen-bond acceptors (Lipinski definition) is 3. The monoisotopic (exact) mass is 305 g/mol. The summed E-state index contributed by atoms with van der Waals surface area (Å²) in [7, 11) is 0. The van der Waals surface area contributed by atoms with Crippen molar-refractivity contribution >= 4 is 17.5 Å². The van der Waals surface area contributed by atoms with Crippen LogP contribution in [0.25, 0.3) is 0 Å². The van der Waals surface area contributed by atoms with E-state index in [4.69, 9.17) is 5.73 Å². The van der Waals surface area contributed by atoms with Crippen LogP contribution in [0.5, 0.6) is 0 Å². The number of para-hydroxylation sites is 2. The van der Waals surface area contributed by atoms with Gasteiger partial charge in [-0.25, -0.2) is 4.79 Å². The van der Waals surface area contributed by atoms with Gasteiger partial charge in [0.15, 0.2) is 0 Å². The maximum Gasteiger partial charge on any atom is 0.407 e. The Hall–Kier alpha value is -1.91. The average molecular weight is 305 g/mol. The summed E-state index contributed by atoms with van der Waals surface area (Å²) >= 11 is 0. The number of nitrogens with zero attached hydrogens (tertiary/aromatic N) is 1. The van der Waals surface area contributed by atoms with Crippen LogP contribution in [-0.2, 0) is 0 Å². The summed E-state index contributed by atoms with van der Waals surface area (Å²) in [6.07, 6.45) is 4.22. The molecule has 2 unspecified atom stereocenters. The lowest BCUT2D eigenvalue weighted by molar-refractivity contribution is 0.0874. The predicted octanol–water partition coefficient (Wildman–Crippen LogP) is 3.63. The van der Waals surface area contributed by atoms with Gasteiger partial charge in [-0.1, -0.05) is 31.9 Å². The van der Waals surface area contributed by atoms with Crippen molar-refractivity contribution in [3.63, 3.8) is 0 Å². The SMILES string of the molecule is CCCCC1CC(CNc2ccccc2N)CCN1C(=O)O. The largest absolute Gasteiger partial charge is 0.465 e. The predicted molar refractivity (Wildman–Crippen MR) is 90.1 cm³/mol. The lowest BCUT2D eigenvalue weighted by Gasteiger charge is -2.38. The molecule has 0 bridgehead atoms. The highest BCUT2D eigenvalue weighted by Gasteiger charge is 2.30. The Balaban J connectivity index is 1.90. The van der Waals surface area contributed by atoms with Gasteiger partial charge in [0.25, 0.3) is 0 Å². The number of likely N-dealkylation sites (tertiary alicyclic amines) is 1. The molecule has 0 aromatic heterocycles. The molecule has 4 N–H and O–H groups in total. The van der Waals surface area contributed by atoms with Crippen molar-refractivity contribution in [2.75, 3.05) is 24.1 Å². The van der Waals surface area contributed by atoms with E-state index in [2.05, 4.69) is 12.2 Å². The van der Waals surface area contributed by atoms with Crippen molar-refractivity contribution in [1.82, 2.24) is 4.90 Å². The summed E-state index contributed by atoms with van der Waals surface area (Å²) in [5.41, 5.74) is 7.67. The zero-order valence-electron chi connectivity index (χ0n) is 13.3. The van der Waals surface area contributed by atoms with E-state index < -0.39 is 6.09 Å². The smallest absolute Gasteiger partial charge is 0.407 e. The van der Waals surface area contributed by atoms with Crippen molar-refractivity contribution in [3.8, 4) is 0 Å². The second kappa shape index (κ2) is 7.92. The molecule has 2 atom stereocenters. The summed E-state index contributed by atoms with van der Waals surface area (Å²) in [6.45, 7) is 3.63. The lowest BCUT2D eigenvalue weighted by Crippen LogP contribution is -2.46. The number of hydrogen-bond donors (Lipinski definition) is 3. The second-order valence-corrected chi connectivity index (χ2v) is 6.13. The van der Waals surface area contributed by atoms with Crippen molar-refractivity contribution in [2.45, 2.75) is 45.1 Å². The molecule has 1 aliphatic heterocycles. The number of anilines is 2. The fraction of sp³-hybridized carbons (Fsp3) is 0.588. The summed E-state index contributed by atoms with van der Waals surface area (Å²) in [5.74, 6) is 0.497. The highest BCUT2D eigenvalue weighted by atomic mass is 16.4. The molecule has 1 aromatic carbocycles. The van der Waals surface area contributed by atoms with Gasteiger partial charge in [-0.3, -0.25) is 0 Å². The normalized spacial score (nSPS) is 21.6. The summed E-state index contributed by atoms with van der Waals surface area (Å²) < 4.78 is 0. The van der Waals surface area contributed by atoms with Gasteiger partial charge < -0.3 is 21.1 Å². The summed E-state index contributed by atoms with van der Waals surface area (Å²) in [6, 6.07) is 7.92. The fourth-order valence-corrected chi connectivity index (χ4v) is 3.20. The summed E-state index contributed by atoms with van der Waals surface area (Å²) in [4.78, 5) is 13.0. The highest BCUT2D eigenvalue weighted by molar-refractivity contribution is 5.66. The van der Waals surface area contributed by atoms with Crippen LogP contribution in [0.4, 0.5) is 16.2 Å². The van der Waals surface area contributed by atoms with Crippen LogP contribution in [-0.4, -0.2) is 35.2 Å². The maximum atomic E-state index is 11.4. The number of piperidine rings is 1. The molecule has 122 valence electrons.